The molecule has 3 heteroatoms. The van der Waals surface area contributed by atoms with Gasteiger partial charge in [-0.3, -0.25) is 0 Å². The van der Waals surface area contributed by atoms with Gasteiger partial charge in [-0.2, -0.15) is 0 Å². The number of hydrogen-bond acceptors (Lipinski definition) is 1. The predicted molar refractivity (Wildman–Crippen MR) is 70.5 cm³/mol. The number of hydrogen-bond donors (Lipinski definition) is 0. The van der Waals surface area contributed by atoms with Gasteiger partial charge < -0.3 is 10.0 Å². The van der Waals surface area contributed by atoms with Crippen molar-refractivity contribution in [2.45, 2.75) is 59.3 Å². The molecule has 0 atom stereocenters. The van der Waals surface area contributed by atoms with Gasteiger partial charge >= 0.3 is 0 Å². The summed E-state index contributed by atoms with van der Waals surface area (Å²) < 4.78 is 12.5. The second-order valence-corrected chi connectivity index (χ2v) is 7.75. The van der Waals surface area contributed by atoms with Gasteiger partial charge in [-0.1, -0.05) is 40.0 Å². The standard InChI is InChI=1S/C12H27OP.H2O/c1-4-7-10-14(13,11-8-5-2)12-9-6-3;/h4-12H2,1-3H3;1H2. The fourth-order valence-electron chi connectivity index (χ4n) is 1.67. The highest BCUT2D eigenvalue weighted by Crippen LogP contribution is 2.48. The average molecular weight is 236 g/mol. The third kappa shape index (κ3) is 9.14. The molecule has 0 aromatic carbocycles. The molecule has 0 radical (unpaired) electrons. The summed E-state index contributed by atoms with van der Waals surface area (Å²) in [6.45, 7) is 6.55. The molecule has 0 unspecified atom stereocenters. The summed E-state index contributed by atoms with van der Waals surface area (Å²) in [7, 11) is -1.77. The molecule has 0 bridgehead atoms. The summed E-state index contributed by atoms with van der Waals surface area (Å²) in [6, 6.07) is 0. The molecule has 0 fully saturated rings. The van der Waals surface area contributed by atoms with Crippen LogP contribution in [0.5, 0.6) is 0 Å². The zero-order valence-electron chi connectivity index (χ0n) is 10.7. The summed E-state index contributed by atoms with van der Waals surface area (Å²) in [6.07, 6.45) is 10.0. The maximum Gasteiger partial charge on any atom is 0.0877 e. The van der Waals surface area contributed by atoms with Crippen LogP contribution < -0.4 is 0 Å². The Morgan fingerprint density at radius 2 is 1.00 bits per heavy atom. The van der Waals surface area contributed by atoms with Crippen LogP contribution >= 0.6 is 7.14 Å². The number of rotatable bonds is 9. The highest BCUT2D eigenvalue weighted by molar-refractivity contribution is 7.63. The maximum absolute atomic E-state index is 12.5. The maximum atomic E-state index is 12.5. The first-order valence-electron chi connectivity index (χ1n) is 6.25. The largest absolute Gasteiger partial charge is 0.412 e. The van der Waals surface area contributed by atoms with Gasteiger partial charge in [0, 0.05) is 18.5 Å². The van der Waals surface area contributed by atoms with E-state index in [0.29, 0.717) is 0 Å². The fraction of sp³-hybridized carbons (Fsp3) is 1.00. The van der Waals surface area contributed by atoms with Gasteiger partial charge in [0.25, 0.3) is 0 Å². The molecule has 0 aromatic rings. The van der Waals surface area contributed by atoms with E-state index in [2.05, 4.69) is 20.8 Å². The topological polar surface area (TPSA) is 48.6 Å². The summed E-state index contributed by atoms with van der Waals surface area (Å²) in [5.41, 5.74) is 0. The van der Waals surface area contributed by atoms with Crippen molar-refractivity contribution in [1.29, 1.82) is 0 Å². The molecule has 0 heterocycles. The Kier molecular flexibility index (Phi) is 12.5. The number of unbranched alkanes of at least 4 members (excludes halogenated alkanes) is 3. The Bertz CT molecular complexity index is 140. The summed E-state index contributed by atoms with van der Waals surface area (Å²) in [5.74, 6) is 0. The Balaban J connectivity index is 0. The quantitative estimate of drug-likeness (QED) is 0.559. The second kappa shape index (κ2) is 10.7. The molecule has 0 amide bonds. The molecular formula is C12H29O2P. The van der Waals surface area contributed by atoms with E-state index >= 15 is 0 Å². The van der Waals surface area contributed by atoms with Gasteiger partial charge in [-0.15, -0.1) is 0 Å². The molecule has 94 valence electrons. The van der Waals surface area contributed by atoms with Crippen LogP contribution in [0.2, 0.25) is 0 Å². The Morgan fingerprint density at radius 3 is 1.20 bits per heavy atom. The lowest BCUT2D eigenvalue weighted by Crippen LogP contribution is -2.00. The Hall–Kier alpha value is 0.190. The van der Waals surface area contributed by atoms with Gasteiger partial charge in [-0.25, -0.2) is 0 Å². The third-order valence-corrected chi connectivity index (χ3v) is 6.15. The smallest absolute Gasteiger partial charge is 0.0877 e. The SMILES string of the molecule is CCCCP(=O)(CCCC)CCCC.O. The minimum Gasteiger partial charge on any atom is -0.412 e. The van der Waals surface area contributed by atoms with Crippen molar-refractivity contribution < 1.29 is 10.0 Å². The van der Waals surface area contributed by atoms with Crippen molar-refractivity contribution >= 4 is 7.14 Å². The van der Waals surface area contributed by atoms with E-state index < -0.39 is 7.14 Å². The molecule has 15 heavy (non-hydrogen) atoms. The van der Waals surface area contributed by atoms with Crippen LogP contribution in [0.3, 0.4) is 0 Å². The van der Waals surface area contributed by atoms with Crippen molar-refractivity contribution in [2.75, 3.05) is 18.5 Å². The molecule has 0 rings (SSSR count). The van der Waals surface area contributed by atoms with Crippen LogP contribution in [0, 0.1) is 0 Å². The highest BCUT2D eigenvalue weighted by atomic mass is 31.2. The molecule has 2 nitrogen and oxygen atoms in total. The predicted octanol–water partition coefficient (Wildman–Crippen LogP) is 3.93. The van der Waals surface area contributed by atoms with Crippen molar-refractivity contribution in [3.63, 3.8) is 0 Å². The molecule has 0 saturated carbocycles. The van der Waals surface area contributed by atoms with E-state index in [1.54, 1.807) is 0 Å². The van der Waals surface area contributed by atoms with Crippen LogP contribution in [-0.4, -0.2) is 24.0 Å². The molecule has 0 saturated heterocycles. The first-order valence-corrected chi connectivity index (χ1v) is 8.52. The van der Waals surface area contributed by atoms with E-state index in [1.165, 1.54) is 19.3 Å². The fourth-order valence-corrected chi connectivity index (χ4v) is 5.02. The first-order chi connectivity index (χ1) is 6.68. The van der Waals surface area contributed by atoms with E-state index in [1.807, 2.05) is 0 Å². The average Bonchev–Trinajstić information content (AvgIpc) is 2.21. The highest BCUT2D eigenvalue weighted by Gasteiger charge is 2.19. The molecule has 0 spiro atoms. The Labute approximate surface area is 95.5 Å². The summed E-state index contributed by atoms with van der Waals surface area (Å²) in [4.78, 5) is 0. The molecule has 0 aliphatic rings. The van der Waals surface area contributed by atoms with Crippen LogP contribution in [0.4, 0.5) is 0 Å². The minimum absolute atomic E-state index is 0. The monoisotopic (exact) mass is 236 g/mol. The van der Waals surface area contributed by atoms with Crippen LogP contribution in [-0.2, 0) is 4.57 Å². The molecule has 2 N–H and O–H groups in total. The molecular weight excluding hydrogens is 207 g/mol. The van der Waals surface area contributed by atoms with E-state index in [0.717, 1.165) is 37.7 Å². The zero-order chi connectivity index (χ0) is 10.9. The third-order valence-electron chi connectivity index (χ3n) is 2.76. The Morgan fingerprint density at radius 1 is 0.733 bits per heavy atom. The molecule has 0 aliphatic heterocycles. The minimum atomic E-state index is -1.77. The van der Waals surface area contributed by atoms with E-state index in [-0.39, 0.29) is 5.48 Å². The lowest BCUT2D eigenvalue weighted by molar-refractivity contribution is 0.567. The molecule has 0 aromatic heterocycles. The van der Waals surface area contributed by atoms with Gasteiger partial charge in [0.15, 0.2) is 0 Å². The van der Waals surface area contributed by atoms with Crippen molar-refractivity contribution in [2.24, 2.45) is 0 Å². The van der Waals surface area contributed by atoms with Crippen LogP contribution in [0.15, 0.2) is 0 Å². The van der Waals surface area contributed by atoms with Crippen molar-refractivity contribution in [3.8, 4) is 0 Å². The van der Waals surface area contributed by atoms with Crippen molar-refractivity contribution in [1.82, 2.24) is 0 Å². The van der Waals surface area contributed by atoms with Gasteiger partial charge in [0.1, 0.15) is 0 Å². The second-order valence-electron chi connectivity index (χ2n) is 4.29. The van der Waals surface area contributed by atoms with Gasteiger partial charge in [0.05, 0.1) is 7.14 Å². The zero-order valence-corrected chi connectivity index (χ0v) is 11.6. The van der Waals surface area contributed by atoms with Gasteiger partial charge in [-0.05, 0) is 19.3 Å². The van der Waals surface area contributed by atoms with E-state index in [4.69, 9.17) is 0 Å². The first kappa shape index (κ1) is 17.6. The van der Waals surface area contributed by atoms with Crippen LogP contribution in [0.25, 0.3) is 0 Å². The normalized spacial score (nSPS) is 11.1. The summed E-state index contributed by atoms with van der Waals surface area (Å²) in [5, 5.41) is 0. The van der Waals surface area contributed by atoms with Crippen molar-refractivity contribution in [3.05, 3.63) is 0 Å². The lowest BCUT2D eigenvalue weighted by Gasteiger charge is -2.17. The lowest BCUT2D eigenvalue weighted by atomic mass is 10.4. The summed E-state index contributed by atoms with van der Waals surface area (Å²) >= 11 is 0. The van der Waals surface area contributed by atoms with E-state index in [9.17, 15) is 4.57 Å². The van der Waals surface area contributed by atoms with Gasteiger partial charge in [0.2, 0.25) is 0 Å². The molecule has 0 aliphatic carbocycles. The van der Waals surface area contributed by atoms with Crippen LogP contribution in [0.1, 0.15) is 59.3 Å².